The molecule has 1 N–H and O–H groups in total. The molecule has 0 radical (unpaired) electrons. The molecule has 0 aliphatic rings. The summed E-state index contributed by atoms with van der Waals surface area (Å²) in [6.07, 6.45) is 0.714. The van der Waals surface area contributed by atoms with E-state index in [0.717, 1.165) is 11.0 Å². The summed E-state index contributed by atoms with van der Waals surface area (Å²) in [5, 5.41) is 3.56. The molecule has 2 atom stereocenters. The van der Waals surface area contributed by atoms with Crippen molar-refractivity contribution in [2.45, 2.75) is 49.8 Å². The van der Waals surface area contributed by atoms with Crippen LogP contribution in [0.25, 0.3) is 0 Å². The quantitative estimate of drug-likeness (QED) is 0.545. The fourth-order valence-electron chi connectivity index (χ4n) is 2.28. The average molecular weight is 374 g/mol. The average Bonchev–Trinajstić information content (AvgIpc) is 2.41. The second-order valence-electron chi connectivity index (χ2n) is 5.15. The van der Waals surface area contributed by atoms with Crippen molar-refractivity contribution >= 4 is 33.7 Å². The number of carbonyl (C=O) groups is 1. The zero-order valence-electron chi connectivity index (χ0n) is 13.1. The van der Waals surface area contributed by atoms with Crippen LogP contribution in [0.15, 0.2) is 33.6 Å². The fourth-order valence-corrected chi connectivity index (χ4v) is 4.03. The molecule has 0 heterocycles. The molecule has 5 heteroatoms. The maximum Gasteiger partial charge on any atom is 0.326 e. The molecule has 1 rings (SSSR count). The first kappa shape index (κ1) is 18.5. The molecule has 0 amide bonds. The van der Waals surface area contributed by atoms with Crippen LogP contribution in [0.4, 0.5) is 0 Å². The van der Waals surface area contributed by atoms with Crippen molar-refractivity contribution in [3.05, 3.63) is 28.7 Å². The summed E-state index contributed by atoms with van der Waals surface area (Å²) < 4.78 is 6.30. The van der Waals surface area contributed by atoms with Crippen molar-refractivity contribution in [2.75, 3.05) is 13.2 Å². The summed E-state index contributed by atoms with van der Waals surface area (Å²) in [7, 11) is 0. The molecule has 0 spiro atoms. The van der Waals surface area contributed by atoms with Crippen LogP contribution < -0.4 is 5.32 Å². The van der Waals surface area contributed by atoms with Crippen LogP contribution in [0.3, 0.4) is 0 Å². The molecule has 0 fully saturated rings. The van der Waals surface area contributed by atoms with Gasteiger partial charge in [0.15, 0.2) is 0 Å². The molecule has 1 aromatic carbocycles. The molecule has 1 aromatic rings. The summed E-state index contributed by atoms with van der Waals surface area (Å²) in [4.78, 5) is 13.4. The van der Waals surface area contributed by atoms with Gasteiger partial charge in [-0.15, -0.1) is 11.8 Å². The summed E-state index contributed by atoms with van der Waals surface area (Å²) in [5.74, 6) is -0.175. The van der Waals surface area contributed by atoms with E-state index < -0.39 is 5.54 Å². The van der Waals surface area contributed by atoms with Gasteiger partial charge in [0.05, 0.1) is 6.61 Å². The molecule has 0 aliphatic heterocycles. The number of rotatable bonds is 8. The van der Waals surface area contributed by atoms with Gasteiger partial charge in [0.25, 0.3) is 0 Å². The second kappa shape index (κ2) is 8.81. The van der Waals surface area contributed by atoms with Gasteiger partial charge >= 0.3 is 5.97 Å². The van der Waals surface area contributed by atoms with Crippen LogP contribution in [0.1, 0.15) is 34.1 Å². The summed E-state index contributed by atoms with van der Waals surface area (Å²) >= 11 is 5.32. The first-order valence-corrected chi connectivity index (χ1v) is 8.93. The molecule has 0 aromatic heterocycles. The van der Waals surface area contributed by atoms with Gasteiger partial charge in [-0.2, -0.15) is 0 Å². The van der Waals surface area contributed by atoms with Crippen molar-refractivity contribution in [1.82, 2.24) is 5.32 Å². The van der Waals surface area contributed by atoms with Gasteiger partial charge in [-0.1, -0.05) is 26.0 Å². The maximum absolute atomic E-state index is 12.2. The lowest BCUT2D eigenvalue weighted by Gasteiger charge is -2.30. The van der Waals surface area contributed by atoms with Crippen molar-refractivity contribution in [2.24, 2.45) is 0 Å². The van der Waals surface area contributed by atoms with E-state index >= 15 is 0 Å². The highest BCUT2D eigenvalue weighted by Gasteiger charge is 2.35. The number of ether oxygens (including phenoxy) is 1. The van der Waals surface area contributed by atoms with Crippen molar-refractivity contribution in [3.8, 4) is 0 Å². The topological polar surface area (TPSA) is 38.3 Å². The van der Waals surface area contributed by atoms with Crippen molar-refractivity contribution in [1.29, 1.82) is 0 Å². The van der Waals surface area contributed by atoms with Crippen LogP contribution in [0.2, 0.25) is 0 Å². The largest absolute Gasteiger partial charge is 0.465 e. The number of carbonyl (C=O) groups excluding carboxylic acids is 1. The van der Waals surface area contributed by atoms with E-state index in [9.17, 15) is 4.79 Å². The Labute approximate surface area is 140 Å². The first-order valence-electron chi connectivity index (χ1n) is 7.26. The third kappa shape index (κ3) is 5.64. The molecule has 0 aliphatic carbocycles. The summed E-state index contributed by atoms with van der Waals surface area (Å²) in [6, 6.07) is 8.14. The Morgan fingerprint density at radius 3 is 2.67 bits per heavy atom. The second-order valence-corrected chi connectivity index (χ2v) is 7.48. The van der Waals surface area contributed by atoms with E-state index in [4.69, 9.17) is 4.74 Å². The molecule has 3 nitrogen and oxygen atoms in total. The van der Waals surface area contributed by atoms with Gasteiger partial charge in [-0.05, 0) is 54.9 Å². The molecule has 0 saturated carbocycles. The van der Waals surface area contributed by atoms with E-state index in [1.54, 1.807) is 11.8 Å². The van der Waals surface area contributed by atoms with Gasteiger partial charge in [-0.25, -0.2) is 0 Å². The Hall–Kier alpha value is -0.520. The number of thioether (sulfide) groups is 1. The molecular weight excluding hydrogens is 350 g/mol. The Morgan fingerprint density at radius 2 is 2.10 bits per heavy atom. The first-order chi connectivity index (χ1) is 9.92. The molecule has 21 heavy (non-hydrogen) atoms. The molecule has 0 bridgehead atoms. The fraction of sp³-hybridized carbons (Fsp3) is 0.562. The monoisotopic (exact) mass is 373 g/mol. The molecular formula is C16H24BrNO2S. The summed E-state index contributed by atoms with van der Waals surface area (Å²) in [5.41, 5.74) is -0.640. The minimum absolute atomic E-state index is 0.175. The maximum atomic E-state index is 12.2. The van der Waals surface area contributed by atoms with Gasteiger partial charge in [0.2, 0.25) is 0 Å². The third-order valence-electron chi connectivity index (χ3n) is 3.15. The van der Waals surface area contributed by atoms with E-state index in [0.29, 0.717) is 13.0 Å². The Morgan fingerprint density at radius 1 is 1.43 bits per heavy atom. The standard InChI is InChI=1S/C16H24BrNO2S/c1-5-18-16(4,15(19)20-6-2)11-12(3)21-14-10-8-7-9-13(14)17/h7-10,12,18H,5-6,11H2,1-4H3. The SMILES string of the molecule is CCNC(C)(CC(C)Sc1ccccc1Br)C(=O)OCC. The van der Waals surface area contributed by atoms with E-state index in [1.165, 1.54) is 4.90 Å². The lowest BCUT2D eigenvalue weighted by atomic mass is 9.96. The van der Waals surface area contributed by atoms with Crippen LogP contribution in [-0.4, -0.2) is 29.9 Å². The highest BCUT2D eigenvalue weighted by Crippen LogP contribution is 2.33. The predicted molar refractivity (Wildman–Crippen MR) is 92.8 cm³/mol. The van der Waals surface area contributed by atoms with Gasteiger partial charge < -0.3 is 10.1 Å². The van der Waals surface area contributed by atoms with Crippen LogP contribution in [-0.2, 0) is 9.53 Å². The molecule has 118 valence electrons. The summed E-state index contributed by atoms with van der Waals surface area (Å²) in [6.45, 7) is 9.05. The van der Waals surface area contributed by atoms with Crippen molar-refractivity contribution in [3.63, 3.8) is 0 Å². The smallest absolute Gasteiger partial charge is 0.326 e. The van der Waals surface area contributed by atoms with E-state index in [-0.39, 0.29) is 11.2 Å². The number of nitrogens with one attached hydrogen (secondary N) is 1. The Bertz CT molecular complexity index is 469. The number of benzene rings is 1. The van der Waals surface area contributed by atoms with Crippen LogP contribution in [0, 0.1) is 0 Å². The normalized spacial score (nSPS) is 15.3. The number of likely N-dealkylation sites (N-methyl/N-ethyl adjacent to an activating group) is 1. The lowest BCUT2D eigenvalue weighted by molar-refractivity contribution is -0.150. The predicted octanol–water partition coefficient (Wildman–Crippen LogP) is 4.25. The van der Waals surface area contributed by atoms with Gasteiger partial charge in [0, 0.05) is 14.6 Å². The zero-order valence-corrected chi connectivity index (χ0v) is 15.5. The van der Waals surface area contributed by atoms with Gasteiger partial charge in [0.1, 0.15) is 5.54 Å². The molecule has 0 saturated heterocycles. The number of esters is 1. The van der Waals surface area contributed by atoms with Crippen molar-refractivity contribution < 1.29 is 9.53 Å². The third-order valence-corrected chi connectivity index (χ3v) is 5.29. The highest BCUT2D eigenvalue weighted by atomic mass is 79.9. The Kier molecular flexibility index (Phi) is 7.77. The Balaban J connectivity index is 2.74. The number of hydrogen-bond donors (Lipinski definition) is 1. The minimum atomic E-state index is -0.640. The van der Waals surface area contributed by atoms with Gasteiger partial charge in [-0.3, -0.25) is 4.79 Å². The van der Waals surface area contributed by atoms with E-state index in [2.05, 4.69) is 34.2 Å². The van der Waals surface area contributed by atoms with Crippen LogP contribution >= 0.6 is 27.7 Å². The number of hydrogen-bond acceptors (Lipinski definition) is 4. The highest BCUT2D eigenvalue weighted by molar-refractivity contribution is 9.10. The zero-order chi connectivity index (χ0) is 15.9. The van der Waals surface area contributed by atoms with E-state index in [1.807, 2.05) is 39.0 Å². The lowest BCUT2D eigenvalue weighted by Crippen LogP contribution is -2.51. The number of halogens is 1. The molecule has 2 unspecified atom stereocenters. The minimum Gasteiger partial charge on any atom is -0.465 e. The van der Waals surface area contributed by atoms with Crippen LogP contribution in [0.5, 0.6) is 0 Å².